The van der Waals surface area contributed by atoms with Crippen LogP contribution in [-0.4, -0.2) is 59.7 Å². The first-order valence-corrected chi connectivity index (χ1v) is 9.28. The van der Waals surface area contributed by atoms with E-state index in [4.69, 9.17) is 14.1 Å². The van der Waals surface area contributed by atoms with Crippen LogP contribution in [-0.2, 0) is 11.3 Å². The van der Waals surface area contributed by atoms with Gasteiger partial charge in [-0.15, -0.1) is 0 Å². The number of ether oxygens (including phenoxy) is 1. The Morgan fingerprint density at radius 3 is 2.68 bits per heavy atom. The van der Waals surface area contributed by atoms with Gasteiger partial charge in [0.05, 0.1) is 18.9 Å². The van der Waals surface area contributed by atoms with Crippen LogP contribution in [0.5, 0.6) is 0 Å². The van der Waals surface area contributed by atoms with Gasteiger partial charge in [0.25, 0.3) is 0 Å². The molecule has 0 aliphatic carbocycles. The van der Waals surface area contributed by atoms with Gasteiger partial charge in [0, 0.05) is 43.8 Å². The lowest BCUT2D eigenvalue weighted by atomic mass is 10.1. The molecule has 0 saturated carbocycles. The predicted molar refractivity (Wildman–Crippen MR) is 97.3 cm³/mol. The van der Waals surface area contributed by atoms with Gasteiger partial charge in [0.15, 0.2) is 0 Å². The normalized spacial score (nSPS) is 25.5. The fraction of sp³-hybridized carbons (Fsp3) is 0.550. The van der Waals surface area contributed by atoms with Crippen molar-refractivity contribution in [3.63, 3.8) is 0 Å². The van der Waals surface area contributed by atoms with Gasteiger partial charge >= 0.3 is 0 Å². The van der Waals surface area contributed by atoms with E-state index in [1.165, 1.54) is 6.42 Å². The van der Waals surface area contributed by atoms with E-state index in [9.17, 15) is 0 Å². The van der Waals surface area contributed by atoms with Gasteiger partial charge in [-0.3, -0.25) is 9.80 Å². The van der Waals surface area contributed by atoms with Crippen LogP contribution < -0.4 is 0 Å². The molecule has 0 N–H and O–H groups in total. The number of aryl methyl sites for hydroxylation is 1. The molecule has 5 nitrogen and oxygen atoms in total. The molecular weight excluding hydrogens is 314 g/mol. The molecule has 2 aromatic rings. The van der Waals surface area contributed by atoms with Gasteiger partial charge in [-0.2, -0.15) is 0 Å². The molecule has 5 heteroatoms. The Kier molecular flexibility index (Phi) is 4.88. The molecule has 134 valence electrons. The fourth-order valence-corrected chi connectivity index (χ4v) is 3.97. The summed E-state index contributed by atoms with van der Waals surface area (Å²) in [5.41, 5.74) is 2.10. The minimum absolute atomic E-state index is 0.573. The first-order chi connectivity index (χ1) is 12.2. The van der Waals surface area contributed by atoms with Crippen molar-refractivity contribution in [3.05, 3.63) is 41.8 Å². The summed E-state index contributed by atoms with van der Waals surface area (Å²) in [7, 11) is 0. The summed E-state index contributed by atoms with van der Waals surface area (Å²) in [6, 6.07) is 11.3. The number of likely N-dealkylation sites (tertiary alicyclic amines) is 1. The molecule has 3 heterocycles. The summed E-state index contributed by atoms with van der Waals surface area (Å²) in [6.07, 6.45) is 1.22. The molecule has 1 aromatic heterocycles. The number of morpholine rings is 1. The third-order valence-electron chi connectivity index (χ3n) is 5.51. The summed E-state index contributed by atoms with van der Waals surface area (Å²) in [4.78, 5) is 9.90. The molecule has 2 fully saturated rings. The number of nitrogens with zero attached hydrogens (tertiary/aromatic N) is 3. The minimum atomic E-state index is 0.573. The third kappa shape index (κ3) is 3.64. The number of aromatic nitrogens is 1. The Labute approximate surface area is 149 Å². The molecule has 0 spiro atoms. The molecule has 2 unspecified atom stereocenters. The van der Waals surface area contributed by atoms with Gasteiger partial charge < -0.3 is 9.15 Å². The van der Waals surface area contributed by atoms with E-state index in [0.717, 1.165) is 62.3 Å². The van der Waals surface area contributed by atoms with E-state index in [-0.39, 0.29) is 0 Å². The molecule has 2 aliphatic rings. The number of benzene rings is 1. The van der Waals surface area contributed by atoms with Crippen molar-refractivity contribution in [1.82, 2.24) is 14.8 Å². The molecule has 4 rings (SSSR count). The smallest absolute Gasteiger partial charge is 0.226 e. The van der Waals surface area contributed by atoms with Crippen molar-refractivity contribution in [2.75, 3.05) is 32.8 Å². The van der Waals surface area contributed by atoms with E-state index in [0.29, 0.717) is 12.1 Å². The Balaban J connectivity index is 1.44. The number of hydrogen-bond donors (Lipinski definition) is 0. The van der Waals surface area contributed by atoms with Crippen LogP contribution in [0.15, 0.2) is 34.7 Å². The Morgan fingerprint density at radius 1 is 1.16 bits per heavy atom. The summed E-state index contributed by atoms with van der Waals surface area (Å²) in [5, 5.41) is 0. The highest BCUT2D eigenvalue weighted by Crippen LogP contribution is 2.27. The molecule has 2 atom stereocenters. The molecule has 0 radical (unpaired) electrons. The van der Waals surface area contributed by atoms with Crippen LogP contribution in [0.1, 0.15) is 24.8 Å². The molecule has 0 bridgehead atoms. The van der Waals surface area contributed by atoms with E-state index in [2.05, 4.69) is 16.7 Å². The highest BCUT2D eigenvalue weighted by Gasteiger charge is 2.34. The van der Waals surface area contributed by atoms with E-state index < -0.39 is 0 Å². The number of oxazole rings is 1. The average Bonchev–Trinajstić information content (AvgIpc) is 3.20. The quantitative estimate of drug-likeness (QED) is 0.855. The zero-order valence-corrected chi connectivity index (χ0v) is 15.1. The molecule has 2 saturated heterocycles. The Hall–Kier alpha value is -1.69. The molecule has 2 aliphatic heterocycles. The van der Waals surface area contributed by atoms with Crippen LogP contribution in [0.25, 0.3) is 11.5 Å². The van der Waals surface area contributed by atoms with Gasteiger partial charge in [0.1, 0.15) is 5.76 Å². The SMILES string of the molecule is Cc1oc(-c2ccccc2)nc1CN1CC(N2CCOCC2)CC1C. The van der Waals surface area contributed by atoms with Crippen molar-refractivity contribution in [2.24, 2.45) is 0 Å². The van der Waals surface area contributed by atoms with Crippen molar-refractivity contribution < 1.29 is 9.15 Å². The Morgan fingerprint density at radius 2 is 1.92 bits per heavy atom. The largest absolute Gasteiger partial charge is 0.441 e. The summed E-state index contributed by atoms with van der Waals surface area (Å²) in [5.74, 6) is 1.66. The third-order valence-corrected chi connectivity index (χ3v) is 5.51. The van der Waals surface area contributed by atoms with Crippen molar-refractivity contribution >= 4 is 0 Å². The van der Waals surface area contributed by atoms with Crippen LogP contribution >= 0.6 is 0 Å². The lowest BCUT2D eigenvalue weighted by Crippen LogP contribution is -2.44. The monoisotopic (exact) mass is 341 g/mol. The highest BCUT2D eigenvalue weighted by atomic mass is 16.5. The summed E-state index contributed by atoms with van der Waals surface area (Å²) < 4.78 is 11.4. The first-order valence-electron chi connectivity index (χ1n) is 9.28. The van der Waals surface area contributed by atoms with Crippen LogP contribution in [0.2, 0.25) is 0 Å². The maximum absolute atomic E-state index is 5.92. The van der Waals surface area contributed by atoms with Crippen LogP contribution in [0.4, 0.5) is 0 Å². The maximum Gasteiger partial charge on any atom is 0.226 e. The molecule has 1 aromatic carbocycles. The number of rotatable bonds is 4. The zero-order valence-electron chi connectivity index (χ0n) is 15.1. The summed E-state index contributed by atoms with van der Waals surface area (Å²) in [6.45, 7) is 10.2. The minimum Gasteiger partial charge on any atom is -0.441 e. The number of hydrogen-bond acceptors (Lipinski definition) is 5. The predicted octanol–water partition coefficient (Wildman–Crippen LogP) is 2.95. The van der Waals surface area contributed by atoms with E-state index in [1.54, 1.807) is 0 Å². The second-order valence-corrected chi connectivity index (χ2v) is 7.20. The van der Waals surface area contributed by atoms with Gasteiger partial charge in [-0.25, -0.2) is 4.98 Å². The second kappa shape index (κ2) is 7.28. The topological polar surface area (TPSA) is 41.7 Å². The molecular formula is C20H27N3O2. The fourth-order valence-electron chi connectivity index (χ4n) is 3.97. The van der Waals surface area contributed by atoms with Gasteiger partial charge in [-0.05, 0) is 32.4 Å². The second-order valence-electron chi connectivity index (χ2n) is 7.20. The van der Waals surface area contributed by atoms with Gasteiger partial charge in [-0.1, -0.05) is 18.2 Å². The lowest BCUT2D eigenvalue weighted by Gasteiger charge is -2.32. The standard InChI is InChI=1S/C20H27N3O2/c1-15-12-18(22-8-10-24-11-9-22)13-23(15)14-19-16(2)25-20(21-19)17-6-4-3-5-7-17/h3-7,15,18H,8-14H2,1-2H3. The van der Waals surface area contributed by atoms with Crippen molar-refractivity contribution in [1.29, 1.82) is 0 Å². The Bertz CT molecular complexity index is 694. The van der Waals surface area contributed by atoms with Crippen molar-refractivity contribution in [2.45, 2.75) is 38.9 Å². The van der Waals surface area contributed by atoms with Crippen molar-refractivity contribution in [3.8, 4) is 11.5 Å². The average molecular weight is 341 g/mol. The lowest BCUT2D eigenvalue weighted by molar-refractivity contribution is 0.0183. The van der Waals surface area contributed by atoms with Crippen LogP contribution in [0, 0.1) is 6.92 Å². The highest BCUT2D eigenvalue weighted by molar-refractivity contribution is 5.53. The molecule has 0 amide bonds. The van der Waals surface area contributed by atoms with E-state index >= 15 is 0 Å². The first kappa shape index (κ1) is 16.8. The van der Waals surface area contributed by atoms with Crippen LogP contribution in [0.3, 0.4) is 0 Å². The zero-order chi connectivity index (χ0) is 17.2. The molecule has 25 heavy (non-hydrogen) atoms. The van der Waals surface area contributed by atoms with E-state index in [1.807, 2.05) is 37.3 Å². The maximum atomic E-state index is 5.92. The summed E-state index contributed by atoms with van der Waals surface area (Å²) >= 11 is 0. The van der Waals surface area contributed by atoms with Gasteiger partial charge in [0.2, 0.25) is 5.89 Å².